The number of thiazole rings is 1. The van der Waals surface area contributed by atoms with Gasteiger partial charge in [0.1, 0.15) is 10.1 Å². The quantitative estimate of drug-likeness (QED) is 0.599. The fourth-order valence-electron chi connectivity index (χ4n) is 1.77. The summed E-state index contributed by atoms with van der Waals surface area (Å²) in [4.78, 5) is 16.0. The van der Waals surface area contributed by atoms with Gasteiger partial charge in [-0.15, -0.1) is 11.3 Å². The second-order valence-corrected chi connectivity index (χ2v) is 6.61. The Kier molecular flexibility index (Phi) is 6.56. The number of methoxy groups -OCH3 is 1. The average molecular weight is 322 g/mol. The molecule has 1 N–H and O–H groups in total. The summed E-state index contributed by atoms with van der Waals surface area (Å²) >= 11 is 3.37. The molecule has 0 atom stereocenters. The Morgan fingerprint density at radius 2 is 2.38 bits per heavy atom. The molecule has 0 saturated heterocycles. The van der Waals surface area contributed by atoms with E-state index in [4.69, 9.17) is 4.74 Å². The Morgan fingerprint density at radius 1 is 1.48 bits per heavy atom. The predicted octanol–water partition coefficient (Wildman–Crippen LogP) is 2.99. The van der Waals surface area contributed by atoms with Gasteiger partial charge in [-0.25, -0.2) is 4.98 Å². The zero-order chi connectivity index (χ0) is 14.9. The highest BCUT2D eigenvalue weighted by atomic mass is 32.2. The Morgan fingerprint density at radius 3 is 3.14 bits per heavy atom. The standard InChI is InChI=1S/C15H18N2O2S2/c1-19-13-5-2-4-12(10-13)11-14(18)16-6-3-8-20-15-17-7-9-21-15/h2,4-5,7,9-10H,3,6,8,11H2,1H3,(H,16,18). The second-order valence-electron chi connectivity index (χ2n) is 4.38. The van der Waals surface area contributed by atoms with E-state index < -0.39 is 0 Å². The molecule has 0 fully saturated rings. The number of carbonyl (C=O) groups is 1. The number of thioether (sulfide) groups is 1. The Balaban J connectivity index is 1.63. The van der Waals surface area contributed by atoms with E-state index in [-0.39, 0.29) is 5.91 Å². The van der Waals surface area contributed by atoms with Gasteiger partial charge in [0.15, 0.2) is 0 Å². The molecule has 1 aromatic carbocycles. The molecule has 4 nitrogen and oxygen atoms in total. The minimum Gasteiger partial charge on any atom is -0.497 e. The van der Waals surface area contributed by atoms with Crippen LogP contribution in [0.5, 0.6) is 5.75 Å². The van der Waals surface area contributed by atoms with Gasteiger partial charge in [0, 0.05) is 23.9 Å². The first-order valence-corrected chi connectivity index (χ1v) is 8.56. The normalized spacial score (nSPS) is 10.3. The summed E-state index contributed by atoms with van der Waals surface area (Å²) in [5, 5.41) is 4.91. The van der Waals surface area contributed by atoms with E-state index in [9.17, 15) is 4.79 Å². The number of hydrogen-bond acceptors (Lipinski definition) is 5. The SMILES string of the molecule is COc1cccc(CC(=O)NCCCSc2nccs2)c1. The highest BCUT2D eigenvalue weighted by Crippen LogP contribution is 2.20. The molecular formula is C15H18N2O2S2. The topological polar surface area (TPSA) is 51.2 Å². The molecule has 0 aliphatic carbocycles. The van der Waals surface area contributed by atoms with Crippen molar-refractivity contribution in [3.63, 3.8) is 0 Å². The van der Waals surface area contributed by atoms with E-state index in [2.05, 4.69) is 10.3 Å². The zero-order valence-corrected chi connectivity index (χ0v) is 13.5. The summed E-state index contributed by atoms with van der Waals surface area (Å²) in [5.41, 5.74) is 0.962. The summed E-state index contributed by atoms with van der Waals surface area (Å²) in [6, 6.07) is 7.58. The summed E-state index contributed by atoms with van der Waals surface area (Å²) in [6.45, 7) is 0.696. The van der Waals surface area contributed by atoms with Crippen molar-refractivity contribution in [3.8, 4) is 5.75 Å². The fourth-order valence-corrected chi connectivity index (χ4v) is 3.42. The largest absolute Gasteiger partial charge is 0.497 e. The summed E-state index contributed by atoms with van der Waals surface area (Å²) in [7, 11) is 1.62. The van der Waals surface area contributed by atoms with Crippen molar-refractivity contribution in [1.82, 2.24) is 10.3 Å². The van der Waals surface area contributed by atoms with Gasteiger partial charge in [-0.2, -0.15) is 0 Å². The molecule has 21 heavy (non-hydrogen) atoms. The van der Waals surface area contributed by atoms with E-state index in [0.29, 0.717) is 13.0 Å². The van der Waals surface area contributed by atoms with Crippen molar-refractivity contribution in [1.29, 1.82) is 0 Å². The molecule has 0 unspecified atom stereocenters. The van der Waals surface area contributed by atoms with Crippen molar-refractivity contribution >= 4 is 29.0 Å². The first-order valence-electron chi connectivity index (χ1n) is 6.70. The number of nitrogens with zero attached hydrogens (tertiary/aromatic N) is 1. The number of hydrogen-bond donors (Lipinski definition) is 1. The Labute approximate surface area is 132 Å². The van der Waals surface area contributed by atoms with E-state index in [1.807, 2.05) is 35.8 Å². The maximum absolute atomic E-state index is 11.8. The molecule has 6 heteroatoms. The molecule has 1 heterocycles. The molecule has 1 amide bonds. The van der Waals surface area contributed by atoms with Crippen molar-refractivity contribution in [2.24, 2.45) is 0 Å². The van der Waals surface area contributed by atoms with E-state index in [1.54, 1.807) is 30.2 Å². The van der Waals surface area contributed by atoms with Crippen LogP contribution in [0.3, 0.4) is 0 Å². The fraction of sp³-hybridized carbons (Fsp3) is 0.333. The Bertz CT molecular complexity index is 559. The molecule has 0 aliphatic heterocycles. The van der Waals surface area contributed by atoms with Crippen molar-refractivity contribution in [2.45, 2.75) is 17.2 Å². The maximum atomic E-state index is 11.8. The minimum atomic E-state index is 0.0440. The van der Waals surface area contributed by atoms with Crippen LogP contribution >= 0.6 is 23.1 Å². The van der Waals surface area contributed by atoms with E-state index >= 15 is 0 Å². The lowest BCUT2D eigenvalue weighted by molar-refractivity contribution is -0.120. The van der Waals surface area contributed by atoms with Gasteiger partial charge >= 0.3 is 0 Å². The molecule has 1 aromatic heterocycles. The highest BCUT2D eigenvalue weighted by Gasteiger charge is 2.04. The van der Waals surface area contributed by atoms with Crippen LogP contribution in [0.25, 0.3) is 0 Å². The minimum absolute atomic E-state index is 0.0440. The molecule has 0 bridgehead atoms. The zero-order valence-electron chi connectivity index (χ0n) is 11.9. The predicted molar refractivity (Wildman–Crippen MR) is 87.2 cm³/mol. The van der Waals surface area contributed by atoms with Crippen LogP contribution in [0, 0.1) is 0 Å². The van der Waals surface area contributed by atoms with E-state index in [1.165, 1.54) is 0 Å². The Hall–Kier alpha value is -1.53. The molecule has 0 spiro atoms. The number of ether oxygens (including phenoxy) is 1. The van der Waals surface area contributed by atoms with Gasteiger partial charge in [0.2, 0.25) is 5.91 Å². The molecule has 2 rings (SSSR count). The third-order valence-corrected chi connectivity index (χ3v) is 4.83. The third-order valence-electron chi connectivity index (χ3n) is 2.78. The van der Waals surface area contributed by atoms with Crippen LogP contribution in [0.1, 0.15) is 12.0 Å². The van der Waals surface area contributed by atoms with Crippen LogP contribution in [0.4, 0.5) is 0 Å². The number of aromatic nitrogens is 1. The summed E-state index contributed by atoms with van der Waals surface area (Å²) in [5.74, 6) is 1.79. The molecule has 2 aromatic rings. The van der Waals surface area contributed by atoms with Crippen LogP contribution in [0.2, 0.25) is 0 Å². The van der Waals surface area contributed by atoms with Crippen molar-refractivity contribution in [3.05, 3.63) is 41.4 Å². The second kappa shape index (κ2) is 8.69. The van der Waals surface area contributed by atoms with Crippen LogP contribution in [-0.4, -0.2) is 30.3 Å². The van der Waals surface area contributed by atoms with Crippen molar-refractivity contribution in [2.75, 3.05) is 19.4 Å². The lowest BCUT2D eigenvalue weighted by Gasteiger charge is -2.06. The highest BCUT2D eigenvalue weighted by molar-refractivity contribution is 8.00. The van der Waals surface area contributed by atoms with Gasteiger partial charge in [-0.05, 0) is 24.1 Å². The van der Waals surface area contributed by atoms with Crippen LogP contribution in [0.15, 0.2) is 40.2 Å². The number of amides is 1. The lowest BCUT2D eigenvalue weighted by Crippen LogP contribution is -2.26. The van der Waals surface area contributed by atoms with E-state index in [0.717, 1.165) is 27.8 Å². The first kappa shape index (κ1) is 15.9. The smallest absolute Gasteiger partial charge is 0.224 e. The van der Waals surface area contributed by atoms with Gasteiger partial charge in [-0.3, -0.25) is 4.79 Å². The van der Waals surface area contributed by atoms with Gasteiger partial charge < -0.3 is 10.1 Å². The van der Waals surface area contributed by atoms with Gasteiger partial charge in [0.25, 0.3) is 0 Å². The van der Waals surface area contributed by atoms with Crippen LogP contribution in [-0.2, 0) is 11.2 Å². The lowest BCUT2D eigenvalue weighted by atomic mass is 10.1. The van der Waals surface area contributed by atoms with Gasteiger partial charge in [-0.1, -0.05) is 23.9 Å². The number of carbonyl (C=O) groups excluding carboxylic acids is 1. The molecule has 0 saturated carbocycles. The van der Waals surface area contributed by atoms with Crippen molar-refractivity contribution < 1.29 is 9.53 Å². The molecule has 112 valence electrons. The number of rotatable bonds is 8. The third kappa shape index (κ3) is 5.77. The molecule has 0 radical (unpaired) electrons. The molecule has 0 aliphatic rings. The number of benzene rings is 1. The monoisotopic (exact) mass is 322 g/mol. The molecular weight excluding hydrogens is 304 g/mol. The van der Waals surface area contributed by atoms with Gasteiger partial charge in [0.05, 0.1) is 13.5 Å². The summed E-state index contributed by atoms with van der Waals surface area (Å²) in [6.07, 6.45) is 3.13. The first-order chi connectivity index (χ1) is 10.3. The maximum Gasteiger partial charge on any atom is 0.224 e. The number of nitrogens with one attached hydrogen (secondary N) is 1. The average Bonchev–Trinajstić information content (AvgIpc) is 3.00. The van der Waals surface area contributed by atoms with Crippen LogP contribution < -0.4 is 10.1 Å². The summed E-state index contributed by atoms with van der Waals surface area (Å²) < 4.78 is 6.23.